The van der Waals surface area contributed by atoms with E-state index in [1.807, 2.05) is 6.92 Å². The monoisotopic (exact) mass is 127 g/mol. The van der Waals surface area contributed by atoms with E-state index >= 15 is 0 Å². The van der Waals surface area contributed by atoms with Crippen molar-refractivity contribution in [2.75, 3.05) is 0 Å². The van der Waals surface area contributed by atoms with Crippen molar-refractivity contribution < 1.29 is 4.79 Å². The molecule has 1 unspecified atom stereocenters. The van der Waals surface area contributed by atoms with Crippen LogP contribution >= 0.6 is 0 Å². The van der Waals surface area contributed by atoms with Crippen molar-refractivity contribution in [1.82, 2.24) is 0 Å². The summed E-state index contributed by atoms with van der Waals surface area (Å²) in [6, 6.07) is -0.148. The van der Waals surface area contributed by atoms with Crippen LogP contribution < -0.4 is 0 Å². The lowest BCUT2D eigenvalue weighted by Crippen LogP contribution is -2.09. The molecule has 0 bridgehead atoms. The molecule has 0 radical (unpaired) electrons. The van der Waals surface area contributed by atoms with Crippen LogP contribution in [0.5, 0.6) is 0 Å². The zero-order valence-corrected chi connectivity index (χ0v) is 6.22. The van der Waals surface area contributed by atoms with Crippen molar-refractivity contribution in [3.8, 4) is 0 Å². The number of hydrogen-bond donors (Lipinski definition) is 0. The Morgan fingerprint density at radius 1 is 1.78 bits per heavy atom. The SMILES string of the molecule is CCC=NC(C)C(C)=O. The first-order chi connectivity index (χ1) is 4.18. The summed E-state index contributed by atoms with van der Waals surface area (Å²) in [6.45, 7) is 5.35. The highest BCUT2D eigenvalue weighted by Crippen LogP contribution is 1.89. The molecule has 0 spiro atoms. The fourth-order valence-corrected chi connectivity index (χ4v) is 0.368. The van der Waals surface area contributed by atoms with Crippen molar-refractivity contribution >= 4 is 12.0 Å². The molecule has 0 N–H and O–H groups in total. The van der Waals surface area contributed by atoms with Crippen molar-refractivity contribution in [3.63, 3.8) is 0 Å². The van der Waals surface area contributed by atoms with Gasteiger partial charge in [-0.1, -0.05) is 6.92 Å². The highest BCUT2D eigenvalue weighted by atomic mass is 16.1. The average molecular weight is 127 g/mol. The molecule has 9 heavy (non-hydrogen) atoms. The summed E-state index contributed by atoms with van der Waals surface area (Å²) in [5.74, 6) is 0.125. The molecule has 0 aromatic rings. The Kier molecular flexibility index (Phi) is 3.93. The van der Waals surface area contributed by atoms with Gasteiger partial charge in [-0.2, -0.15) is 0 Å². The van der Waals surface area contributed by atoms with Gasteiger partial charge in [-0.15, -0.1) is 0 Å². The minimum absolute atomic E-state index is 0.125. The number of aliphatic imine (C=N–C) groups is 1. The number of rotatable bonds is 3. The number of hydrogen-bond acceptors (Lipinski definition) is 2. The van der Waals surface area contributed by atoms with Crippen molar-refractivity contribution in [1.29, 1.82) is 0 Å². The quantitative estimate of drug-likeness (QED) is 0.527. The van der Waals surface area contributed by atoms with E-state index in [4.69, 9.17) is 0 Å². The fraction of sp³-hybridized carbons (Fsp3) is 0.714. The van der Waals surface area contributed by atoms with Crippen LogP contribution in [0.2, 0.25) is 0 Å². The average Bonchev–Trinajstić information content (AvgIpc) is 1.82. The van der Waals surface area contributed by atoms with Crippen LogP contribution in [0.15, 0.2) is 4.99 Å². The van der Waals surface area contributed by atoms with Crippen LogP contribution in [0.4, 0.5) is 0 Å². The molecule has 52 valence electrons. The second-order valence-electron chi connectivity index (χ2n) is 2.03. The van der Waals surface area contributed by atoms with Crippen LogP contribution in [0.25, 0.3) is 0 Å². The van der Waals surface area contributed by atoms with Gasteiger partial charge in [0.15, 0.2) is 5.78 Å². The molecular weight excluding hydrogens is 114 g/mol. The van der Waals surface area contributed by atoms with E-state index < -0.39 is 0 Å². The maximum atomic E-state index is 10.5. The standard InChI is InChI=1S/C7H13NO/c1-4-5-8-6(2)7(3)9/h5-6H,4H2,1-3H3. The van der Waals surface area contributed by atoms with Crippen molar-refractivity contribution in [2.24, 2.45) is 4.99 Å². The van der Waals surface area contributed by atoms with Crippen LogP contribution in [0, 0.1) is 0 Å². The summed E-state index contributed by atoms with van der Waals surface area (Å²) in [5.41, 5.74) is 0. The highest BCUT2D eigenvalue weighted by molar-refractivity contribution is 5.82. The predicted octanol–water partition coefficient (Wildman–Crippen LogP) is 1.44. The molecule has 0 aliphatic rings. The van der Waals surface area contributed by atoms with Gasteiger partial charge in [-0.3, -0.25) is 9.79 Å². The summed E-state index contributed by atoms with van der Waals surface area (Å²) >= 11 is 0. The molecule has 0 aliphatic heterocycles. The topological polar surface area (TPSA) is 29.4 Å². The molecule has 0 aliphatic carbocycles. The van der Waals surface area contributed by atoms with Gasteiger partial charge < -0.3 is 0 Å². The third kappa shape index (κ3) is 3.88. The molecule has 0 aromatic carbocycles. The normalized spacial score (nSPS) is 14.1. The van der Waals surface area contributed by atoms with Gasteiger partial charge in [0, 0.05) is 0 Å². The van der Waals surface area contributed by atoms with E-state index in [1.165, 1.54) is 0 Å². The van der Waals surface area contributed by atoms with Gasteiger partial charge in [0.05, 0.1) is 0 Å². The molecule has 0 saturated heterocycles. The third-order valence-corrected chi connectivity index (χ3v) is 1.10. The Morgan fingerprint density at radius 3 is 2.67 bits per heavy atom. The summed E-state index contributed by atoms with van der Waals surface area (Å²) in [7, 11) is 0. The van der Waals surface area contributed by atoms with Crippen LogP contribution in [0.1, 0.15) is 27.2 Å². The van der Waals surface area contributed by atoms with E-state index in [0.717, 1.165) is 6.42 Å². The Labute approximate surface area is 56.0 Å². The zero-order valence-electron chi connectivity index (χ0n) is 6.22. The largest absolute Gasteiger partial charge is 0.298 e. The lowest BCUT2D eigenvalue weighted by molar-refractivity contribution is -0.117. The second kappa shape index (κ2) is 4.24. The lowest BCUT2D eigenvalue weighted by Gasteiger charge is -1.96. The Morgan fingerprint density at radius 2 is 2.33 bits per heavy atom. The van der Waals surface area contributed by atoms with Gasteiger partial charge in [-0.25, -0.2) is 0 Å². The number of Topliss-reactive ketones (excluding diaryl/α,β-unsaturated/α-hetero) is 1. The van der Waals surface area contributed by atoms with Gasteiger partial charge in [0.25, 0.3) is 0 Å². The van der Waals surface area contributed by atoms with E-state index in [1.54, 1.807) is 20.1 Å². The predicted molar refractivity (Wildman–Crippen MR) is 38.9 cm³/mol. The van der Waals surface area contributed by atoms with Crippen molar-refractivity contribution in [2.45, 2.75) is 33.2 Å². The summed E-state index contributed by atoms with van der Waals surface area (Å²) in [4.78, 5) is 14.5. The summed E-state index contributed by atoms with van der Waals surface area (Å²) in [6.07, 6.45) is 2.67. The van der Waals surface area contributed by atoms with E-state index in [2.05, 4.69) is 4.99 Å². The first-order valence-corrected chi connectivity index (χ1v) is 3.20. The molecule has 0 fully saturated rings. The van der Waals surface area contributed by atoms with Gasteiger partial charge in [0.2, 0.25) is 0 Å². The molecular formula is C7H13NO. The molecule has 0 saturated carbocycles. The zero-order chi connectivity index (χ0) is 7.28. The van der Waals surface area contributed by atoms with Gasteiger partial charge >= 0.3 is 0 Å². The van der Waals surface area contributed by atoms with E-state index in [9.17, 15) is 4.79 Å². The Bertz CT molecular complexity index is 118. The minimum atomic E-state index is -0.148. The number of ketones is 1. The first kappa shape index (κ1) is 8.34. The second-order valence-corrected chi connectivity index (χ2v) is 2.03. The Hall–Kier alpha value is -0.660. The van der Waals surface area contributed by atoms with Gasteiger partial charge in [0.1, 0.15) is 6.04 Å². The highest BCUT2D eigenvalue weighted by Gasteiger charge is 2.00. The summed E-state index contributed by atoms with van der Waals surface area (Å²) < 4.78 is 0. The molecule has 0 heterocycles. The maximum Gasteiger partial charge on any atom is 0.153 e. The van der Waals surface area contributed by atoms with Crippen molar-refractivity contribution in [3.05, 3.63) is 0 Å². The van der Waals surface area contributed by atoms with Crippen LogP contribution in [-0.4, -0.2) is 18.0 Å². The van der Waals surface area contributed by atoms with Gasteiger partial charge in [-0.05, 0) is 26.5 Å². The fourth-order valence-electron chi connectivity index (χ4n) is 0.368. The number of carbonyl (C=O) groups excluding carboxylic acids is 1. The lowest BCUT2D eigenvalue weighted by atomic mass is 10.2. The molecule has 1 atom stereocenters. The van der Waals surface area contributed by atoms with Crippen LogP contribution in [-0.2, 0) is 4.79 Å². The molecule has 0 amide bonds. The minimum Gasteiger partial charge on any atom is -0.298 e. The summed E-state index contributed by atoms with van der Waals surface area (Å²) in [5, 5.41) is 0. The molecule has 0 rings (SSSR count). The van der Waals surface area contributed by atoms with E-state index in [-0.39, 0.29) is 11.8 Å². The van der Waals surface area contributed by atoms with Crippen LogP contribution in [0.3, 0.4) is 0 Å². The maximum absolute atomic E-state index is 10.5. The Balaban J connectivity index is 3.62. The number of carbonyl (C=O) groups is 1. The molecule has 0 aromatic heterocycles. The number of nitrogens with zero attached hydrogens (tertiary/aromatic N) is 1. The molecule has 2 nitrogen and oxygen atoms in total. The third-order valence-electron chi connectivity index (χ3n) is 1.10. The van der Waals surface area contributed by atoms with E-state index in [0.29, 0.717) is 0 Å². The first-order valence-electron chi connectivity index (χ1n) is 3.20. The molecule has 2 heteroatoms. The smallest absolute Gasteiger partial charge is 0.153 e.